The molecular weight excluding hydrogens is 216 g/mol. The van der Waals surface area contributed by atoms with Crippen LogP contribution in [0.3, 0.4) is 0 Å². The Morgan fingerprint density at radius 1 is 1.00 bits per heavy atom. The lowest BCUT2D eigenvalue weighted by atomic mass is 9.98. The molecule has 0 aromatic rings. The molecule has 98 valence electrons. The van der Waals surface area contributed by atoms with Crippen molar-refractivity contribution in [3.05, 3.63) is 0 Å². The molecule has 0 saturated heterocycles. The summed E-state index contributed by atoms with van der Waals surface area (Å²) >= 11 is 0. The van der Waals surface area contributed by atoms with Gasteiger partial charge in [0.2, 0.25) is 0 Å². The van der Waals surface area contributed by atoms with Crippen molar-refractivity contribution < 1.29 is 8.85 Å². The highest BCUT2D eigenvalue weighted by atomic mass is 28.3. The van der Waals surface area contributed by atoms with Gasteiger partial charge >= 0.3 is 10.0 Å². The van der Waals surface area contributed by atoms with Crippen LogP contribution in [0, 0.1) is 11.8 Å². The van der Waals surface area contributed by atoms with E-state index >= 15 is 0 Å². The highest BCUT2D eigenvalue weighted by Crippen LogP contribution is 2.16. The van der Waals surface area contributed by atoms with E-state index in [4.69, 9.17) is 8.85 Å². The number of hydrogen-bond donors (Lipinski definition) is 0. The van der Waals surface area contributed by atoms with Crippen LogP contribution in [-0.4, -0.2) is 22.7 Å². The fourth-order valence-electron chi connectivity index (χ4n) is 1.73. The minimum Gasteiger partial charge on any atom is -0.399 e. The first kappa shape index (κ1) is 16.1. The Morgan fingerprint density at radius 3 is 2.00 bits per heavy atom. The first-order chi connectivity index (χ1) is 7.56. The second-order valence-corrected chi connectivity index (χ2v) is 6.40. The van der Waals surface area contributed by atoms with Gasteiger partial charge in [-0.3, -0.25) is 0 Å². The van der Waals surface area contributed by atoms with Crippen molar-refractivity contribution in [3.63, 3.8) is 0 Å². The lowest BCUT2D eigenvalue weighted by Gasteiger charge is -2.21. The van der Waals surface area contributed by atoms with E-state index in [0.717, 1.165) is 13.0 Å². The van der Waals surface area contributed by atoms with E-state index in [1.54, 1.807) is 0 Å². The fourth-order valence-corrected chi connectivity index (χ4v) is 2.62. The lowest BCUT2D eigenvalue weighted by molar-refractivity contribution is 0.118. The molecular formula is C13H30O2Si. The predicted octanol–water partition coefficient (Wildman–Crippen LogP) is 3.28. The predicted molar refractivity (Wildman–Crippen MR) is 73.2 cm³/mol. The van der Waals surface area contributed by atoms with Crippen LogP contribution in [0.25, 0.3) is 0 Å². The van der Waals surface area contributed by atoms with Gasteiger partial charge in [-0.15, -0.1) is 0 Å². The quantitative estimate of drug-likeness (QED) is 0.435. The van der Waals surface area contributed by atoms with E-state index in [1.165, 1.54) is 19.3 Å². The molecule has 0 spiro atoms. The Labute approximate surface area is 104 Å². The standard InChI is InChI=1S/C13H30O2Si/c1-6-7-8-14-16-15-13(9-11(2)3)10-12(4)5/h11-13H,6-10,16H2,1-5H3. The number of unbranched alkanes of at least 4 members (excludes halogenated alkanes) is 1. The van der Waals surface area contributed by atoms with Gasteiger partial charge in [-0.2, -0.15) is 0 Å². The van der Waals surface area contributed by atoms with Crippen molar-refractivity contribution in [1.82, 2.24) is 0 Å². The zero-order chi connectivity index (χ0) is 12.4. The molecule has 0 amide bonds. The molecule has 0 aromatic heterocycles. The van der Waals surface area contributed by atoms with Gasteiger partial charge in [-0.1, -0.05) is 41.0 Å². The summed E-state index contributed by atoms with van der Waals surface area (Å²) in [5.74, 6) is 1.43. The Morgan fingerprint density at radius 2 is 1.56 bits per heavy atom. The molecule has 0 aliphatic carbocycles. The lowest BCUT2D eigenvalue weighted by Crippen LogP contribution is -2.21. The molecule has 3 heteroatoms. The molecule has 0 aromatic carbocycles. The summed E-state index contributed by atoms with van der Waals surface area (Å²) in [5.41, 5.74) is 0. The van der Waals surface area contributed by atoms with Crippen LogP contribution in [0.2, 0.25) is 0 Å². The Balaban J connectivity index is 3.65. The summed E-state index contributed by atoms with van der Waals surface area (Å²) in [6, 6.07) is 0. The SMILES string of the molecule is CCCCO[SiH2]OC(CC(C)C)CC(C)C. The van der Waals surface area contributed by atoms with E-state index in [0.29, 0.717) is 17.9 Å². The Kier molecular flexibility index (Phi) is 10.4. The van der Waals surface area contributed by atoms with Crippen LogP contribution < -0.4 is 0 Å². The largest absolute Gasteiger partial charge is 0.399 e. The maximum absolute atomic E-state index is 5.93. The van der Waals surface area contributed by atoms with E-state index in [9.17, 15) is 0 Å². The summed E-state index contributed by atoms with van der Waals surface area (Å²) in [6.07, 6.45) is 5.13. The van der Waals surface area contributed by atoms with E-state index in [1.807, 2.05) is 0 Å². The first-order valence-corrected chi connectivity index (χ1v) is 7.91. The van der Waals surface area contributed by atoms with Gasteiger partial charge in [0.15, 0.2) is 0 Å². The third-order valence-corrected chi connectivity index (χ3v) is 3.56. The maximum Gasteiger partial charge on any atom is 0.304 e. The summed E-state index contributed by atoms with van der Waals surface area (Å²) in [5, 5.41) is 0. The van der Waals surface area contributed by atoms with Crippen molar-refractivity contribution >= 4 is 10.0 Å². The Bertz CT molecular complexity index is 139. The zero-order valence-corrected chi connectivity index (χ0v) is 13.2. The highest BCUT2D eigenvalue weighted by Gasteiger charge is 2.13. The van der Waals surface area contributed by atoms with Crippen molar-refractivity contribution in [1.29, 1.82) is 0 Å². The first-order valence-electron chi connectivity index (χ1n) is 6.75. The fraction of sp³-hybridized carbons (Fsp3) is 1.00. The third kappa shape index (κ3) is 10.6. The third-order valence-electron chi connectivity index (χ3n) is 2.50. The van der Waals surface area contributed by atoms with Crippen LogP contribution >= 0.6 is 0 Å². The van der Waals surface area contributed by atoms with Crippen molar-refractivity contribution in [2.24, 2.45) is 11.8 Å². The van der Waals surface area contributed by atoms with E-state index in [-0.39, 0.29) is 0 Å². The molecule has 2 nitrogen and oxygen atoms in total. The Hall–Kier alpha value is 0.137. The molecule has 0 aliphatic rings. The second-order valence-electron chi connectivity index (χ2n) is 5.43. The monoisotopic (exact) mass is 246 g/mol. The average Bonchev–Trinajstić information content (AvgIpc) is 2.15. The molecule has 0 radical (unpaired) electrons. The van der Waals surface area contributed by atoms with Gasteiger partial charge in [0.25, 0.3) is 0 Å². The number of rotatable bonds is 10. The van der Waals surface area contributed by atoms with E-state index in [2.05, 4.69) is 34.6 Å². The van der Waals surface area contributed by atoms with Crippen LogP contribution in [-0.2, 0) is 8.85 Å². The second kappa shape index (κ2) is 10.3. The van der Waals surface area contributed by atoms with Gasteiger partial charge < -0.3 is 8.85 Å². The topological polar surface area (TPSA) is 18.5 Å². The summed E-state index contributed by atoms with van der Waals surface area (Å²) in [6.45, 7) is 12.1. The van der Waals surface area contributed by atoms with Crippen LogP contribution in [0.5, 0.6) is 0 Å². The van der Waals surface area contributed by atoms with Crippen molar-refractivity contribution in [2.45, 2.75) is 66.4 Å². The molecule has 0 heterocycles. The minimum atomic E-state index is -0.742. The summed E-state index contributed by atoms with van der Waals surface area (Å²) in [7, 11) is -0.742. The molecule has 0 bridgehead atoms. The van der Waals surface area contributed by atoms with Gasteiger partial charge in [0.05, 0.1) is 0 Å². The van der Waals surface area contributed by atoms with Gasteiger partial charge in [0, 0.05) is 12.7 Å². The van der Waals surface area contributed by atoms with Gasteiger partial charge in [0.1, 0.15) is 0 Å². The van der Waals surface area contributed by atoms with Gasteiger partial charge in [-0.25, -0.2) is 0 Å². The molecule has 0 unspecified atom stereocenters. The summed E-state index contributed by atoms with van der Waals surface area (Å²) in [4.78, 5) is 0. The van der Waals surface area contributed by atoms with Crippen LogP contribution in [0.4, 0.5) is 0 Å². The average molecular weight is 246 g/mol. The van der Waals surface area contributed by atoms with Crippen molar-refractivity contribution in [2.75, 3.05) is 6.61 Å². The molecule has 0 atom stereocenters. The normalized spacial score (nSPS) is 12.8. The molecule has 0 saturated carbocycles. The van der Waals surface area contributed by atoms with Gasteiger partial charge in [-0.05, 0) is 31.1 Å². The minimum absolute atomic E-state index is 0.424. The van der Waals surface area contributed by atoms with Crippen molar-refractivity contribution in [3.8, 4) is 0 Å². The maximum atomic E-state index is 5.93. The highest BCUT2D eigenvalue weighted by molar-refractivity contribution is 6.18. The number of hydrogen-bond acceptors (Lipinski definition) is 2. The molecule has 16 heavy (non-hydrogen) atoms. The molecule has 0 aliphatic heterocycles. The molecule has 0 rings (SSSR count). The van der Waals surface area contributed by atoms with E-state index < -0.39 is 10.0 Å². The molecule has 0 N–H and O–H groups in total. The summed E-state index contributed by atoms with van der Waals surface area (Å²) < 4.78 is 11.5. The van der Waals surface area contributed by atoms with Crippen LogP contribution in [0.15, 0.2) is 0 Å². The molecule has 0 fully saturated rings. The smallest absolute Gasteiger partial charge is 0.304 e. The van der Waals surface area contributed by atoms with Crippen LogP contribution in [0.1, 0.15) is 60.3 Å². The zero-order valence-electron chi connectivity index (χ0n) is 11.8.